The van der Waals surface area contributed by atoms with E-state index in [1.165, 1.54) is 36.0 Å². The Morgan fingerprint density at radius 1 is 1.13 bits per heavy atom. The van der Waals surface area contributed by atoms with Crippen molar-refractivity contribution in [3.8, 4) is 0 Å². The Balaban J connectivity index is 2.23. The minimum Gasteiger partial charge on any atom is -0.299 e. The van der Waals surface area contributed by atoms with Crippen LogP contribution in [-0.4, -0.2) is 6.29 Å². The fourth-order valence-electron chi connectivity index (χ4n) is 3.74. The zero-order valence-corrected chi connectivity index (χ0v) is 15.1. The van der Waals surface area contributed by atoms with Crippen LogP contribution in [0.3, 0.4) is 0 Å². The van der Waals surface area contributed by atoms with E-state index in [4.69, 9.17) is 0 Å². The van der Waals surface area contributed by atoms with Gasteiger partial charge < -0.3 is 0 Å². The van der Waals surface area contributed by atoms with Crippen LogP contribution in [0.5, 0.6) is 0 Å². The molecule has 1 heteroatoms. The summed E-state index contributed by atoms with van der Waals surface area (Å²) in [6.45, 7) is 9.21. The van der Waals surface area contributed by atoms with Crippen molar-refractivity contribution in [3.05, 3.63) is 58.2 Å². The standard InChI is InChI=1S/C22H30O/c1-17(20-9-5-8-19(11-12-20)14-16-23)10-13-21-18(2)7-6-15-22(21,3)4/h10-14,16H,5-9,15H2,1-4H3/b13-10+,19-14-,20-17+. The molecule has 0 aromatic heterocycles. The minimum atomic E-state index is 0.295. The molecule has 0 radical (unpaired) electrons. The number of hydrogen-bond donors (Lipinski definition) is 0. The molecule has 0 atom stereocenters. The first kappa shape index (κ1) is 17.7. The summed E-state index contributed by atoms with van der Waals surface area (Å²) in [6, 6.07) is 0. The van der Waals surface area contributed by atoms with E-state index in [0.717, 1.165) is 31.1 Å². The smallest absolute Gasteiger partial charge is 0.143 e. The molecule has 0 N–H and O–H groups in total. The Kier molecular flexibility index (Phi) is 5.98. The first-order chi connectivity index (χ1) is 10.9. The summed E-state index contributed by atoms with van der Waals surface area (Å²) in [7, 11) is 0. The predicted molar refractivity (Wildman–Crippen MR) is 99.3 cm³/mol. The summed E-state index contributed by atoms with van der Waals surface area (Å²) < 4.78 is 0. The molecule has 0 saturated heterocycles. The van der Waals surface area contributed by atoms with Gasteiger partial charge in [0.15, 0.2) is 0 Å². The molecule has 2 aliphatic carbocycles. The molecule has 0 bridgehead atoms. The summed E-state index contributed by atoms with van der Waals surface area (Å²) in [5, 5.41) is 0. The van der Waals surface area contributed by atoms with Gasteiger partial charge in [-0.1, -0.05) is 43.7 Å². The van der Waals surface area contributed by atoms with Crippen molar-refractivity contribution in [2.45, 2.75) is 66.2 Å². The van der Waals surface area contributed by atoms with Gasteiger partial charge in [0.1, 0.15) is 6.29 Å². The van der Waals surface area contributed by atoms with Crippen LogP contribution in [0.15, 0.2) is 58.2 Å². The molecule has 2 aliphatic rings. The van der Waals surface area contributed by atoms with Gasteiger partial charge in [0, 0.05) is 0 Å². The van der Waals surface area contributed by atoms with Crippen molar-refractivity contribution >= 4 is 6.29 Å². The third kappa shape index (κ3) is 4.67. The van der Waals surface area contributed by atoms with Gasteiger partial charge in [0.25, 0.3) is 0 Å². The van der Waals surface area contributed by atoms with E-state index in [2.05, 4.69) is 52.0 Å². The monoisotopic (exact) mass is 310 g/mol. The minimum absolute atomic E-state index is 0.295. The molecular weight excluding hydrogens is 280 g/mol. The number of hydrogen-bond acceptors (Lipinski definition) is 1. The van der Waals surface area contributed by atoms with E-state index >= 15 is 0 Å². The Bertz CT molecular complexity index is 606. The van der Waals surface area contributed by atoms with Gasteiger partial charge >= 0.3 is 0 Å². The average Bonchev–Trinajstić information content (AvgIpc) is 2.72. The molecule has 0 aliphatic heterocycles. The fraction of sp³-hybridized carbons (Fsp3) is 0.500. The van der Waals surface area contributed by atoms with Gasteiger partial charge in [-0.15, -0.1) is 0 Å². The third-order valence-corrected chi connectivity index (χ3v) is 5.24. The first-order valence-electron chi connectivity index (χ1n) is 8.84. The van der Waals surface area contributed by atoms with Gasteiger partial charge in [-0.3, -0.25) is 4.79 Å². The van der Waals surface area contributed by atoms with Crippen molar-refractivity contribution in [1.29, 1.82) is 0 Å². The van der Waals surface area contributed by atoms with Gasteiger partial charge in [0.2, 0.25) is 0 Å². The van der Waals surface area contributed by atoms with Crippen LogP contribution in [0.1, 0.15) is 66.2 Å². The number of rotatable bonds is 3. The number of carbonyl (C=O) groups is 1. The van der Waals surface area contributed by atoms with Gasteiger partial charge in [-0.2, -0.15) is 0 Å². The van der Waals surface area contributed by atoms with Crippen molar-refractivity contribution in [2.24, 2.45) is 5.41 Å². The molecule has 0 aromatic carbocycles. The highest BCUT2D eigenvalue weighted by atomic mass is 16.1. The van der Waals surface area contributed by atoms with E-state index in [9.17, 15) is 4.79 Å². The zero-order valence-electron chi connectivity index (χ0n) is 15.1. The normalized spacial score (nSPS) is 25.8. The van der Waals surface area contributed by atoms with E-state index < -0.39 is 0 Å². The molecule has 23 heavy (non-hydrogen) atoms. The largest absolute Gasteiger partial charge is 0.299 e. The maximum Gasteiger partial charge on any atom is 0.143 e. The topological polar surface area (TPSA) is 17.1 Å². The van der Waals surface area contributed by atoms with Crippen molar-refractivity contribution in [2.75, 3.05) is 0 Å². The number of carbonyl (C=O) groups excluding carboxylic acids is 1. The first-order valence-corrected chi connectivity index (χ1v) is 8.84. The molecular formula is C22H30O. The summed E-state index contributed by atoms with van der Waals surface area (Å²) in [5.74, 6) is 0. The molecule has 0 spiro atoms. The van der Waals surface area contributed by atoms with Crippen LogP contribution in [0.2, 0.25) is 0 Å². The lowest BCUT2D eigenvalue weighted by atomic mass is 9.72. The zero-order chi connectivity index (χ0) is 16.9. The quantitative estimate of drug-likeness (QED) is 0.444. The molecule has 124 valence electrons. The number of aldehydes is 1. The maximum atomic E-state index is 10.6. The lowest BCUT2D eigenvalue weighted by Crippen LogP contribution is -2.19. The predicted octanol–water partition coefficient (Wildman–Crippen LogP) is 6.25. The highest BCUT2D eigenvalue weighted by Crippen LogP contribution is 2.40. The summed E-state index contributed by atoms with van der Waals surface area (Å²) in [6.07, 6.45) is 18.5. The number of allylic oxidation sites excluding steroid dienone is 10. The second-order valence-corrected chi connectivity index (χ2v) is 7.54. The van der Waals surface area contributed by atoms with Crippen LogP contribution in [-0.2, 0) is 4.79 Å². The van der Waals surface area contributed by atoms with Crippen LogP contribution < -0.4 is 0 Å². The Labute approximate surface area is 141 Å². The highest BCUT2D eigenvalue weighted by molar-refractivity contribution is 5.67. The van der Waals surface area contributed by atoms with Crippen molar-refractivity contribution < 1.29 is 4.79 Å². The van der Waals surface area contributed by atoms with Crippen LogP contribution in [0.25, 0.3) is 0 Å². The molecule has 0 fully saturated rings. The van der Waals surface area contributed by atoms with Gasteiger partial charge in [-0.25, -0.2) is 0 Å². The molecule has 2 rings (SSSR count). The van der Waals surface area contributed by atoms with Crippen LogP contribution >= 0.6 is 0 Å². The molecule has 0 heterocycles. The molecule has 1 nitrogen and oxygen atoms in total. The summed E-state index contributed by atoms with van der Waals surface area (Å²) in [4.78, 5) is 10.6. The second kappa shape index (κ2) is 7.77. The van der Waals surface area contributed by atoms with E-state index in [0.29, 0.717) is 5.41 Å². The summed E-state index contributed by atoms with van der Waals surface area (Å²) in [5.41, 5.74) is 7.23. The Hall–Kier alpha value is -1.63. The van der Waals surface area contributed by atoms with Crippen molar-refractivity contribution in [1.82, 2.24) is 0 Å². The van der Waals surface area contributed by atoms with E-state index in [-0.39, 0.29) is 0 Å². The van der Waals surface area contributed by atoms with Gasteiger partial charge in [-0.05, 0) is 86.2 Å². The fourth-order valence-corrected chi connectivity index (χ4v) is 3.74. The molecule has 0 amide bonds. The van der Waals surface area contributed by atoms with Crippen LogP contribution in [0.4, 0.5) is 0 Å². The molecule has 0 saturated carbocycles. The lowest BCUT2D eigenvalue weighted by molar-refractivity contribution is -0.104. The summed E-state index contributed by atoms with van der Waals surface area (Å²) >= 11 is 0. The third-order valence-electron chi connectivity index (χ3n) is 5.24. The molecule has 0 unspecified atom stereocenters. The highest BCUT2D eigenvalue weighted by Gasteiger charge is 2.26. The van der Waals surface area contributed by atoms with Crippen LogP contribution in [0, 0.1) is 5.41 Å². The Morgan fingerprint density at radius 2 is 1.91 bits per heavy atom. The van der Waals surface area contributed by atoms with Gasteiger partial charge in [0.05, 0.1) is 0 Å². The Morgan fingerprint density at radius 3 is 2.61 bits per heavy atom. The van der Waals surface area contributed by atoms with E-state index in [1.54, 1.807) is 11.6 Å². The molecule has 0 aromatic rings. The van der Waals surface area contributed by atoms with Crippen molar-refractivity contribution in [3.63, 3.8) is 0 Å². The average molecular weight is 310 g/mol. The second-order valence-electron chi connectivity index (χ2n) is 7.54. The lowest BCUT2D eigenvalue weighted by Gasteiger charge is -2.33. The van der Waals surface area contributed by atoms with E-state index in [1.807, 2.05) is 0 Å². The SMILES string of the molecule is CC1=C(/C=C/C(C)=C2C=C/C(=C\C=O)CCC/2)C(C)(C)CCC1. The maximum absolute atomic E-state index is 10.6.